The van der Waals surface area contributed by atoms with Gasteiger partial charge in [0.1, 0.15) is 0 Å². The molecular weight excluding hydrogens is 330 g/mol. The minimum Gasteiger partial charge on any atom is -0.453 e. The fourth-order valence-electron chi connectivity index (χ4n) is 1.86. The molecule has 7 nitrogen and oxygen atoms in total. The molecule has 1 aromatic heterocycles. The zero-order valence-corrected chi connectivity index (χ0v) is 14.2. The molecule has 0 fully saturated rings. The van der Waals surface area contributed by atoms with Gasteiger partial charge in [0.05, 0.1) is 5.69 Å². The van der Waals surface area contributed by atoms with Crippen molar-refractivity contribution in [3.8, 4) is 0 Å². The minimum atomic E-state index is -0.595. The van der Waals surface area contributed by atoms with E-state index in [2.05, 4.69) is 14.9 Å². The summed E-state index contributed by atoms with van der Waals surface area (Å²) in [5, 5.41) is 6.52. The minimum absolute atomic E-state index is 0.104. The summed E-state index contributed by atoms with van der Waals surface area (Å²) in [6.07, 6.45) is 0.947. The van der Waals surface area contributed by atoms with Gasteiger partial charge in [0.2, 0.25) is 5.91 Å². The van der Waals surface area contributed by atoms with E-state index in [-0.39, 0.29) is 18.3 Å². The zero-order chi connectivity index (χ0) is 17.5. The van der Waals surface area contributed by atoms with Crippen molar-refractivity contribution in [3.63, 3.8) is 0 Å². The standard InChI is InChI=1S/C16H17N3O4S/c1-3-12-15(24-19-18-12)16(22)23-9-13(20)10-5-7-11(8-6-10)17-14(21)4-2/h5-8H,3-4,9H2,1-2H3,(H,17,21). The molecule has 2 rings (SSSR count). The predicted octanol–water partition coefficient (Wildman–Crippen LogP) is 2.49. The van der Waals surface area contributed by atoms with E-state index in [0.717, 1.165) is 11.5 Å². The molecule has 0 bridgehead atoms. The number of anilines is 1. The molecule has 0 saturated carbocycles. The average Bonchev–Trinajstić information content (AvgIpc) is 3.08. The van der Waals surface area contributed by atoms with E-state index in [1.165, 1.54) is 0 Å². The largest absolute Gasteiger partial charge is 0.453 e. The Morgan fingerprint density at radius 2 is 1.88 bits per heavy atom. The summed E-state index contributed by atoms with van der Waals surface area (Å²) in [5.41, 5.74) is 1.57. The third-order valence-electron chi connectivity index (χ3n) is 3.22. The number of Topliss-reactive ketones (excluding diaryl/α,β-unsaturated/α-hetero) is 1. The Morgan fingerprint density at radius 3 is 2.50 bits per heavy atom. The number of rotatable bonds is 7. The van der Waals surface area contributed by atoms with Gasteiger partial charge in [-0.1, -0.05) is 18.3 Å². The smallest absolute Gasteiger partial charge is 0.352 e. The first-order chi connectivity index (χ1) is 11.5. The molecule has 1 aromatic carbocycles. The van der Waals surface area contributed by atoms with E-state index in [0.29, 0.717) is 34.7 Å². The highest BCUT2D eigenvalue weighted by atomic mass is 32.1. The average molecular weight is 347 g/mol. The van der Waals surface area contributed by atoms with Crippen molar-refractivity contribution in [1.82, 2.24) is 9.59 Å². The van der Waals surface area contributed by atoms with Gasteiger partial charge in [-0.25, -0.2) is 4.79 Å². The molecule has 0 aliphatic heterocycles. The molecule has 1 N–H and O–H groups in total. The first-order valence-corrected chi connectivity index (χ1v) is 8.24. The van der Waals surface area contributed by atoms with Crippen LogP contribution in [0, 0.1) is 0 Å². The lowest BCUT2D eigenvalue weighted by atomic mass is 10.1. The van der Waals surface area contributed by atoms with Crippen molar-refractivity contribution in [2.24, 2.45) is 0 Å². The van der Waals surface area contributed by atoms with Crippen LogP contribution < -0.4 is 5.32 Å². The van der Waals surface area contributed by atoms with E-state index in [1.54, 1.807) is 31.2 Å². The Kier molecular flexibility index (Phi) is 6.14. The van der Waals surface area contributed by atoms with E-state index in [4.69, 9.17) is 4.74 Å². The summed E-state index contributed by atoms with van der Waals surface area (Å²) in [4.78, 5) is 35.6. The zero-order valence-electron chi connectivity index (χ0n) is 13.4. The molecule has 0 unspecified atom stereocenters. The van der Waals surface area contributed by atoms with Gasteiger partial charge in [0, 0.05) is 17.7 Å². The second-order valence-electron chi connectivity index (χ2n) is 4.88. The molecule has 0 spiro atoms. The molecule has 0 aliphatic rings. The molecule has 8 heteroatoms. The fraction of sp³-hybridized carbons (Fsp3) is 0.312. The van der Waals surface area contributed by atoms with Crippen molar-refractivity contribution in [2.75, 3.05) is 11.9 Å². The van der Waals surface area contributed by atoms with Crippen LogP contribution in [0.5, 0.6) is 0 Å². The number of hydrogen-bond acceptors (Lipinski definition) is 7. The molecule has 126 valence electrons. The van der Waals surface area contributed by atoms with Crippen molar-refractivity contribution in [2.45, 2.75) is 26.7 Å². The van der Waals surface area contributed by atoms with Gasteiger partial charge in [-0.15, -0.1) is 5.10 Å². The van der Waals surface area contributed by atoms with Gasteiger partial charge in [-0.2, -0.15) is 0 Å². The fourth-order valence-corrected chi connectivity index (χ4v) is 2.51. The first kappa shape index (κ1) is 17.7. The van der Waals surface area contributed by atoms with Crippen molar-refractivity contribution < 1.29 is 19.1 Å². The van der Waals surface area contributed by atoms with Crippen LogP contribution in [0.2, 0.25) is 0 Å². The van der Waals surface area contributed by atoms with Crippen molar-refractivity contribution in [1.29, 1.82) is 0 Å². The number of esters is 1. The van der Waals surface area contributed by atoms with Crippen LogP contribution in [-0.4, -0.2) is 33.9 Å². The van der Waals surface area contributed by atoms with E-state index in [1.807, 2.05) is 6.92 Å². The number of aryl methyl sites for hydroxylation is 1. The second kappa shape index (κ2) is 8.30. The SMILES string of the molecule is CCC(=O)Nc1ccc(C(=O)COC(=O)c2snnc2CC)cc1. The van der Waals surface area contributed by atoms with Gasteiger partial charge >= 0.3 is 5.97 Å². The van der Waals surface area contributed by atoms with Crippen LogP contribution in [0.4, 0.5) is 5.69 Å². The van der Waals surface area contributed by atoms with E-state index in [9.17, 15) is 14.4 Å². The number of nitrogens with zero attached hydrogens (tertiary/aromatic N) is 2. The quantitative estimate of drug-likeness (QED) is 0.610. The molecule has 0 saturated heterocycles. The van der Waals surface area contributed by atoms with Crippen LogP contribution in [0.25, 0.3) is 0 Å². The summed E-state index contributed by atoms with van der Waals surface area (Å²) >= 11 is 0.952. The third-order valence-corrected chi connectivity index (χ3v) is 3.97. The summed E-state index contributed by atoms with van der Waals surface area (Å²) in [7, 11) is 0. The summed E-state index contributed by atoms with van der Waals surface area (Å²) in [5.74, 6) is -1.03. The van der Waals surface area contributed by atoms with Crippen LogP contribution in [0.15, 0.2) is 24.3 Å². The number of aromatic nitrogens is 2. The summed E-state index contributed by atoms with van der Waals surface area (Å²) in [6.45, 7) is 3.25. The second-order valence-corrected chi connectivity index (χ2v) is 5.63. The van der Waals surface area contributed by atoms with Gasteiger partial charge in [-0.05, 0) is 42.2 Å². The molecule has 1 amide bonds. The molecule has 24 heavy (non-hydrogen) atoms. The molecule has 0 aliphatic carbocycles. The number of ether oxygens (including phenoxy) is 1. The van der Waals surface area contributed by atoms with Crippen LogP contribution in [0.3, 0.4) is 0 Å². The molecule has 0 radical (unpaired) electrons. The highest BCUT2D eigenvalue weighted by Gasteiger charge is 2.18. The van der Waals surface area contributed by atoms with Crippen LogP contribution >= 0.6 is 11.5 Å². The summed E-state index contributed by atoms with van der Waals surface area (Å²) in [6, 6.07) is 6.41. The maximum absolute atomic E-state index is 12.1. The molecular formula is C16H17N3O4S. The molecule has 2 aromatic rings. The summed E-state index contributed by atoms with van der Waals surface area (Å²) < 4.78 is 8.74. The molecule has 1 heterocycles. The Morgan fingerprint density at radius 1 is 1.17 bits per heavy atom. The highest BCUT2D eigenvalue weighted by Crippen LogP contribution is 2.14. The number of carbonyl (C=O) groups excluding carboxylic acids is 3. The van der Waals surface area contributed by atoms with Crippen molar-refractivity contribution in [3.05, 3.63) is 40.4 Å². The predicted molar refractivity (Wildman–Crippen MR) is 89.3 cm³/mol. The van der Waals surface area contributed by atoms with Crippen molar-refractivity contribution >= 4 is 34.9 Å². The maximum atomic E-state index is 12.1. The van der Waals surface area contributed by atoms with Crippen LogP contribution in [0.1, 0.15) is 46.0 Å². The Bertz CT molecular complexity index is 740. The number of amides is 1. The van der Waals surface area contributed by atoms with E-state index < -0.39 is 5.97 Å². The van der Waals surface area contributed by atoms with Crippen LogP contribution in [-0.2, 0) is 16.0 Å². The molecule has 0 atom stereocenters. The van der Waals surface area contributed by atoms with Gasteiger partial charge in [-0.3, -0.25) is 9.59 Å². The van der Waals surface area contributed by atoms with Gasteiger partial charge in [0.15, 0.2) is 17.3 Å². The highest BCUT2D eigenvalue weighted by molar-refractivity contribution is 7.07. The lowest BCUT2D eigenvalue weighted by molar-refractivity contribution is -0.115. The number of benzene rings is 1. The number of hydrogen-bond donors (Lipinski definition) is 1. The topological polar surface area (TPSA) is 98.2 Å². The Balaban J connectivity index is 1.92. The van der Waals surface area contributed by atoms with Gasteiger partial charge < -0.3 is 10.1 Å². The van der Waals surface area contributed by atoms with E-state index >= 15 is 0 Å². The Labute approximate surface area is 143 Å². The monoisotopic (exact) mass is 347 g/mol. The number of carbonyl (C=O) groups is 3. The third kappa shape index (κ3) is 4.45. The Hall–Kier alpha value is -2.61. The lowest BCUT2D eigenvalue weighted by Gasteiger charge is -2.06. The maximum Gasteiger partial charge on any atom is 0.352 e. The normalized spacial score (nSPS) is 10.2. The number of nitrogens with one attached hydrogen (secondary N) is 1. The first-order valence-electron chi connectivity index (χ1n) is 7.46. The van der Waals surface area contributed by atoms with Gasteiger partial charge in [0.25, 0.3) is 0 Å². The lowest BCUT2D eigenvalue weighted by Crippen LogP contribution is -2.15. The number of ketones is 1.